The first-order chi connectivity index (χ1) is 5.38. The van der Waals surface area contributed by atoms with Gasteiger partial charge in [0.05, 0.1) is 6.10 Å². The number of hydrogen-bond acceptors (Lipinski definition) is 2. The van der Waals surface area contributed by atoms with Gasteiger partial charge in [0.1, 0.15) is 0 Å². The van der Waals surface area contributed by atoms with E-state index in [2.05, 4.69) is 5.32 Å². The first-order valence-corrected chi connectivity index (χ1v) is 4.76. The van der Waals surface area contributed by atoms with E-state index < -0.39 is 0 Å². The minimum atomic E-state index is -0.0611. The molecule has 2 nitrogen and oxygen atoms in total. The molecule has 1 aliphatic heterocycles. The number of aliphatic hydroxyl groups is 1. The molecule has 2 aliphatic rings. The summed E-state index contributed by atoms with van der Waals surface area (Å²) in [6.45, 7) is 1.96. The van der Waals surface area contributed by atoms with Crippen molar-refractivity contribution in [2.75, 3.05) is 13.1 Å². The molecular formula is C9H18ClNO. The molecule has 0 aromatic carbocycles. The van der Waals surface area contributed by atoms with Crippen molar-refractivity contribution in [2.24, 2.45) is 11.8 Å². The lowest BCUT2D eigenvalue weighted by Gasteiger charge is -2.39. The molecule has 72 valence electrons. The molecule has 2 N–H and O–H groups in total. The summed E-state index contributed by atoms with van der Waals surface area (Å²) in [6.07, 6.45) is 5.23. The maximum Gasteiger partial charge on any atom is 0.0695 e. The summed E-state index contributed by atoms with van der Waals surface area (Å²) in [5.41, 5.74) is 0. The van der Waals surface area contributed by atoms with E-state index in [1.54, 1.807) is 0 Å². The van der Waals surface area contributed by atoms with Crippen LogP contribution in [0.15, 0.2) is 0 Å². The van der Waals surface area contributed by atoms with E-state index in [9.17, 15) is 5.11 Å². The van der Waals surface area contributed by atoms with E-state index in [1.165, 1.54) is 25.7 Å². The topological polar surface area (TPSA) is 32.3 Å². The molecule has 1 heterocycles. The Kier molecular flexibility index (Phi) is 3.81. The van der Waals surface area contributed by atoms with Crippen LogP contribution >= 0.6 is 12.4 Å². The number of piperidine rings is 1. The molecule has 0 aromatic rings. The summed E-state index contributed by atoms with van der Waals surface area (Å²) in [5, 5.41) is 12.9. The van der Waals surface area contributed by atoms with Gasteiger partial charge in [-0.1, -0.05) is 12.8 Å². The first-order valence-electron chi connectivity index (χ1n) is 4.76. The van der Waals surface area contributed by atoms with Crippen LogP contribution in [-0.4, -0.2) is 24.3 Å². The second-order valence-corrected chi connectivity index (χ2v) is 3.93. The molecule has 3 heteroatoms. The second-order valence-electron chi connectivity index (χ2n) is 3.93. The van der Waals surface area contributed by atoms with Gasteiger partial charge < -0.3 is 10.4 Å². The summed E-state index contributed by atoms with van der Waals surface area (Å²) in [4.78, 5) is 0. The summed E-state index contributed by atoms with van der Waals surface area (Å²) in [7, 11) is 0. The zero-order valence-corrected chi connectivity index (χ0v) is 8.15. The molecule has 0 amide bonds. The van der Waals surface area contributed by atoms with Gasteiger partial charge in [-0.15, -0.1) is 12.4 Å². The minimum absolute atomic E-state index is 0. The van der Waals surface area contributed by atoms with Gasteiger partial charge in [-0.05, 0) is 31.2 Å². The lowest BCUT2D eigenvalue weighted by molar-refractivity contribution is 0.0227. The van der Waals surface area contributed by atoms with Crippen LogP contribution in [0, 0.1) is 11.8 Å². The summed E-state index contributed by atoms with van der Waals surface area (Å²) in [5.74, 6) is 1.39. The molecule has 3 atom stereocenters. The van der Waals surface area contributed by atoms with Gasteiger partial charge in [-0.2, -0.15) is 0 Å². The van der Waals surface area contributed by atoms with Crippen LogP contribution in [-0.2, 0) is 0 Å². The third-order valence-electron chi connectivity index (χ3n) is 3.22. The molecule has 0 unspecified atom stereocenters. The molecule has 0 aromatic heterocycles. The van der Waals surface area contributed by atoms with E-state index in [-0.39, 0.29) is 18.5 Å². The van der Waals surface area contributed by atoms with Crippen molar-refractivity contribution in [1.29, 1.82) is 0 Å². The van der Waals surface area contributed by atoms with Gasteiger partial charge in [0.15, 0.2) is 0 Å². The Morgan fingerprint density at radius 2 is 1.83 bits per heavy atom. The van der Waals surface area contributed by atoms with Crippen LogP contribution < -0.4 is 5.32 Å². The Bertz CT molecular complexity index is 140. The number of nitrogens with one attached hydrogen (secondary N) is 1. The highest BCUT2D eigenvalue weighted by Gasteiger charge is 2.33. The van der Waals surface area contributed by atoms with Crippen LogP contribution in [0.5, 0.6) is 0 Å². The van der Waals surface area contributed by atoms with Gasteiger partial charge in [0, 0.05) is 6.54 Å². The highest BCUT2D eigenvalue weighted by molar-refractivity contribution is 5.85. The van der Waals surface area contributed by atoms with E-state index >= 15 is 0 Å². The Hall–Kier alpha value is 0.210. The highest BCUT2D eigenvalue weighted by Crippen LogP contribution is 2.33. The molecule has 2 rings (SSSR count). The Balaban J connectivity index is 0.000000720. The Labute approximate surface area is 80.1 Å². The quantitative estimate of drug-likeness (QED) is 0.603. The molecule has 0 radical (unpaired) electrons. The Morgan fingerprint density at radius 3 is 2.58 bits per heavy atom. The second kappa shape index (κ2) is 4.45. The van der Waals surface area contributed by atoms with Crippen LogP contribution in [0.1, 0.15) is 25.7 Å². The number of fused-ring (bicyclic) bond motifs is 1. The average molecular weight is 192 g/mol. The fraction of sp³-hybridized carbons (Fsp3) is 1.00. The Morgan fingerprint density at radius 1 is 1.08 bits per heavy atom. The summed E-state index contributed by atoms with van der Waals surface area (Å²) < 4.78 is 0. The SMILES string of the molecule is Cl.O[C@@H]1CNC[C@@H]2CCCC[C@@H]21. The number of hydrogen-bond donors (Lipinski definition) is 2. The first kappa shape index (κ1) is 10.3. The predicted octanol–water partition coefficient (Wildman–Crippen LogP) is 1.18. The van der Waals surface area contributed by atoms with Crippen molar-refractivity contribution in [1.82, 2.24) is 5.32 Å². The van der Waals surface area contributed by atoms with E-state index in [0.717, 1.165) is 19.0 Å². The van der Waals surface area contributed by atoms with Gasteiger partial charge in [-0.3, -0.25) is 0 Å². The van der Waals surface area contributed by atoms with Gasteiger partial charge in [0.2, 0.25) is 0 Å². The van der Waals surface area contributed by atoms with Crippen LogP contribution in [0.3, 0.4) is 0 Å². The fourth-order valence-electron chi connectivity index (χ4n) is 2.56. The zero-order valence-electron chi connectivity index (χ0n) is 7.33. The summed E-state index contributed by atoms with van der Waals surface area (Å²) in [6, 6.07) is 0. The van der Waals surface area contributed by atoms with Crippen molar-refractivity contribution in [3.8, 4) is 0 Å². The molecular weight excluding hydrogens is 174 g/mol. The molecule has 1 saturated carbocycles. The number of halogens is 1. The van der Waals surface area contributed by atoms with E-state index in [4.69, 9.17) is 0 Å². The van der Waals surface area contributed by atoms with Crippen molar-refractivity contribution in [3.05, 3.63) is 0 Å². The fourth-order valence-corrected chi connectivity index (χ4v) is 2.56. The molecule has 1 aliphatic carbocycles. The molecule has 0 spiro atoms. The zero-order chi connectivity index (χ0) is 7.68. The molecule has 12 heavy (non-hydrogen) atoms. The molecule has 1 saturated heterocycles. The predicted molar refractivity (Wildman–Crippen MR) is 51.6 cm³/mol. The van der Waals surface area contributed by atoms with Crippen LogP contribution in [0.25, 0.3) is 0 Å². The minimum Gasteiger partial charge on any atom is -0.392 e. The molecule has 0 bridgehead atoms. The van der Waals surface area contributed by atoms with Gasteiger partial charge in [-0.25, -0.2) is 0 Å². The van der Waals surface area contributed by atoms with Crippen molar-refractivity contribution in [2.45, 2.75) is 31.8 Å². The van der Waals surface area contributed by atoms with Gasteiger partial charge >= 0.3 is 0 Å². The normalized spacial score (nSPS) is 41.2. The lowest BCUT2D eigenvalue weighted by Crippen LogP contribution is -2.47. The molecule has 2 fully saturated rings. The van der Waals surface area contributed by atoms with Crippen molar-refractivity contribution >= 4 is 12.4 Å². The monoisotopic (exact) mass is 191 g/mol. The maximum atomic E-state index is 9.64. The smallest absolute Gasteiger partial charge is 0.0695 e. The highest BCUT2D eigenvalue weighted by atomic mass is 35.5. The third kappa shape index (κ3) is 1.93. The van der Waals surface area contributed by atoms with E-state index in [1.807, 2.05) is 0 Å². The number of aliphatic hydroxyl groups excluding tert-OH is 1. The average Bonchev–Trinajstić information content (AvgIpc) is 2.06. The van der Waals surface area contributed by atoms with E-state index in [0.29, 0.717) is 5.92 Å². The van der Waals surface area contributed by atoms with Crippen molar-refractivity contribution in [3.63, 3.8) is 0 Å². The number of β-amino-alcohol motifs (C(OH)–C–C–N with tert-alkyl or cyclic N) is 1. The maximum absolute atomic E-state index is 9.64. The van der Waals surface area contributed by atoms with Crippen LogP contribution in [0.4, 0.5) is 0 Å². The third-order valence-corrected chi connectivity index (χ3v) is 3.22. The van der Waals surface area contributed by atoms with Gasteiger partial charge in [0.25, 0.3) is 0 Å². The van der Waals surface area contributed by atoms with Crippen molar-refractivity contribution < 1.29 is 5.11 Å². The largest absolute Gasteiger partial charge is 0.392 e. The summed E-state index contributed by atoms with van der Waals surface area (Å²) >= 11 is 0. The standard InChI is InChI=1S/C9H17NO.ClH/c11-9-6-10-5-7-3-1-2-4-8(7)9;/h7-11H,1-6H2;1H/t7-,8-,9+;/m0./s1. The van der Waals surface area contributed by atoms with Crippen LogP contribution in [0.2, 0.25) is 0 Å². The number of rotatable bonds is 0. The lowest BCUT2D eigenvalue weighted by atomic mass is 9.74.